The number of carbonyl (C=O) groups is 6. The van der Waals surface area contributed by atoms with Crippen molar-refractivity contribution in [3.05, 3.63) is 0 Å². The standard InChI is InChI=1S/C26H45N5O12/c32-15-16-24(40)25(41)23(26(42)43-16)31-18(34)10-8-6-4-2-1-3-5-7-9-17(33)27-11-19(35)28-12-20(36)29-13-21(37)30-14-22(38)39/h16,23-26,32,40-42H,1-15H2,(H,27,33)(H,28,35)(H,29,36)(H,30,37)(H,31,34)(H,38,39)/t16-,23-,24-,25-,26?/m1/s1. The Morgan fingerprint density at radius 1 is 0.558 bits per heavy atom. The molecule has 1 aliphatic rings. The highest BCUT2D eigenvalue weighted by atomic mass is 16.6. The summed E-state index contributed by atoms with van der Waals surface area (Å²) in [7, 11) is 0. The molecule has 10 N–H and O–H groups in total. The van der Waals surface area contributed by atoms with Crippen LogP contribution in [0.25, 0.3) is 0 Å². The molecule has 0 aromatic rings. The van der Waals surface area contributed by atoms with Crippen LogP contribution in [-0.4, -0.2) is 124 Å². The Hall–Kier alpha value is -3.38. The monoisotopic (exact) mass is 619 g/mol. The van der Waals surface area contributed by atoms with Gasteiger partial charge in [-0.15, -0.1) is 0 Å². The molecule has 0 radical (unpaired) electrons. The van der Waals surface area contributed by atoms with E-state index in [0.29, 0.717) is 12.8 Å². The molecule has 0 aliphatic carbocycles. The van der Waals surface area contributed by atoms with Crippen molar-refractivity contribution in [2.45, 2.75) is 94.9 Å². The maximum absolute atomic E-state index is 12.1. The zero-order valence-electron chi connectivity index (χ0n) is 24.1. The lowest BCUT2D eigenvalue weighted by Crippen LogP contribution is -2.64. The van der Waals surface area contributed by atoms with Crippen LogP contribution in [0.15, 0.2) is 0 Å². The molecule has 17 heteroatoms. The van der Waals surface area contributed by atoms with Gasteiger partial charge in [-0.1, -0.05) is 38.5 Å². The number of ether oxygens (including phenoxy) is 1. The number of aliphatic carboxylic acids is 1. The number of carboxylic acid groups (broad SMARTS) is 1. The van der Waals surface area contributed by atoms with Gasteiger partial charge in [0.05, 0.1) is 26.2 Å². The molecular weight excluding hydrogens is 574 g/mol. The fraction of sp³-hybridized carbons (Fsp3) is 0.769. The second-order valence-corrected chi connectivity index (χ2v) is 10.2. The second-order valence-electron chi connectivity index (χ2n) is 10.2. The molecule has 1 fully saturated rings. The third kappa shape index (κ3) is 16.7. The Kier molecular flexibility index (Phi) is 18.7. The Labute approximate surface area is 249 Å². The molecule has 1 unspecified atom stereocenters. The highest BCUT2D eigenvalue weighted by Crippen LogP contribution is 2.20. The lowest BCUT2D eigenvalue weighted by Gasteiger charge is -2.40. The van der Waals surface area contributed by atoms with Gasteiger partial charge in [-0.2, -0.15) is 0 Å². The van der Waals surface area contributed by atoms with Crippen molar-refractivity contribution in [1.82, 2.24) is 26.6 Å². The molecule has 43 heavy (non-hydrogen) atoms. The predicted octanol–water partition coefficient (Wildman–Crippen LogP) is -3.65. The Morgan fingerprint density at radius 2 is 0.977 bits per heavy atom. The quantitative estimate of drug-likeness (QED) is 0.0557. The maximum Gasteiger partial charge on any atom is 0.322 e. The van der Waals surface area contributed by atoms with Crippen LogP contribution in [0.3, 0.4) is 0 Å². The van der Waals surface area contributed by atoms with E-state index in [1.165, 1.54) is 0 Å². The van der Waals surface area contributed by atoms with Crippen LogP contribution in [-0.2, 0) is 33.5 Å². The summed E-state index contributed by atoms with van der Waals surface area (Å²) in [6.45, 7) is -2.30. The molecule has 0 aromatic heterocycles. The Balaban J connectivity index is 1.99. The van der Waals surface area contributed by atoms with Gasteiger partial charge >= 0.3 is 5.97 Å². The molecule has 1 saturated heterocycles. The Morgan fingerprint density at radius 3 is 1.44 bits per heavy atom. The van der Waals surface area contributed by atoms with E-state index in [-0.39, 0.29) is 31.2 Å². The van der Waals surface area contributed by atoms with E-state index < -0.39 is 80.6 Å². The number of hydrogen-bond donors (Lipinski definition) is 10. The summed E-state index contributed by atoms with van der Waals surface area (Å²) >= 11 is 0. The number of rotatable bonds is 21. The summed E-state index contributed by atoms with van der Waals surface area (Å²) in [6, 6.07) is -1.19. The molecule has 246 valence electrons. The normalized spacial score (nSPS) is 21.3. The molecule has 1 aliphatic heterocycles. The van der Waals surface area contributed by atoms with Gasteiger partial charge in [-0.25, -0.2) is 0 Å². The van der Waals surface area contributed by atoms with Gasteiger partial charge in [0.15, 0.2) is 6.29 Å². The summed E-state index contributed by atoms with van der Waals surface area (Å²) in [5.41, 5.74) is 0. The van der Waals surface area contributed by atoms with E-state index in [0.717, 1.165) is 38.5 Å². The van der Waals surface area contributed by atoms with E-state index in [4.69, 9.17) is 14.9 Å². The number of carboxylic acids is 1. The molecule has 1 heterocycles. The van der Waals surface area contributed by atoms with Gasteiger partial charge in [0.2, 0.25) is 29.5 Å². The van der Waals surface area contributed by atoms with Crippen LogP contribution < -0.4 is 26.6 Å². The van der Waals surface area contributed by atoms with Gasteiger partial charge in [0.25, 0.3) is 0 Å². The van der Waals surface area contributed by atoms with Gasteiger partial charge in [-0.05, 0) is 12.8 Å². The first kappa shape index (κ1) is 37.6. The molecule has 0 saturated carbocycles. The zero-order chi connectivity index (χ0) is 32.2. The van der Waals surface area contributed by atoms with Crippen molar-refractivity contribution in [2.75, 3.05) is 32.8 Å². The highest BCUT2D eigenvalue weighted by molar-refractivity contribution is 5.90. The van der Waals surface area contributed by atoms with Gasteiger partial charge in [0, 0.05) is 12.8 Å². The number of carbonyl (C=O) groups excluding carboxylic acids is 5. The maximum atomic E-state index is 12.1. The number of aliphatic hydroxyl groups excluding tert-OH is 4. The summed E-state index contributed by atoms with van der Waals surface area (Å²) in [5, 5.41) is 58.9. The van der Waals surface area contributed by atoms with Crippen molar-refractivity contribution in [3.8, 4) is 0 Å². The summed E-state index contributed by atoms with van der Waals surface area (Å²) in [6.07, 6.45) is 1.51. The molecule has 5 atom stereocenters. The van der Waals surface area contributed by atoms with Gasteiger partial charge in [0.1, 0.15) is 30.9 Å². The third-order valence-electron chi connectivity index (χ3n) is 6.56. The summed E-state index contributed by atoms with van der Waals surface area (Å²) in [5.74, 6) is -3.83. The minimum absolute atomic E-state index is 0.185. The molecule has 1 rings (SSSR count). The third-order valence-corrected chi connectivity index (χ3v) is 6.56. The lowest BCUT2D eigenvalue weighted by atomic mass is 9.97. The first-order valence-electron chi connectivity index (χ1n) is 14.3. The van der Waals surface area contributed by atoms with Crippen LogP contribution in [0, 0.1) is 0 Å². The van der Waals surface area contributed by atoms with Crippen molar-refractivity contribution in [1.29, 1.82) is 0 Å². The molecule has 0 spiro atoms. The van der Waals surface area contributed by atoms with Crippen LogP contribution in [0.5, 0.6) is 0 Å². The largest absolute Gasteiger partial charge is 0.480 e. The fourth-order valence-corrected chi connectivity index (χ4v) is 4.13. The van der Waals surface area contributed by atoms with Gasteiger partial charge < -0.3 is 56.9 Å². The topological polar surface area (TPSA) is 273 Å². The van der Waals surface area contributed by atoms with Crippen LogP contribution in [0.4, 0.5) is 0 Å². The van der Waals surface area contributed by atoms with Crippen LogP contribution >= 0.6 is 0 Å². The van der Waals surface area contributed by atoms with Crippen molar-refractivity contribution in [3.63, 3.8) is 0 Å². The highest BCUT2D eigenvalue weighted by Gasteiger charge is 2.44. The average molecular weight is 620 g/mol. The number of aliphatic hydroxyl groups is 4. The lowest BCUT2D eigenvalue weighted by molar-refractivity contribution is -0.253. The van der Waals surface area contributed by atoms with Gasteiger partial charge in [-0.3, -0.25) is 28.8 Å². The predicted molar refractivity (Wildman–Crippen MR) is 148 cm³/mol. The van der Waals surface area contributed by atoms with E-state index in [9.17, 15) is 44.1 Å². The minimum atomic E-state index is -1.54. The number of hydrogen-bond acceptors (Lipinski definition) is 11. The Bertz CT molecular complexity index is 921. The molecule has 17 nitrogen and oxygen atoms in total. The average Bonchev–Trinajstić information content (AvgIpc) is 2.97. The van der Waals surface area contributed by atoms with E-state index >= 15 is 0 Å². The SMILES string of the molecule is O=C(O)CNC(=O)CNC(=O)CNC(=O)CNC(=O)CCCCCCCCCCC(=O)N[C@H]1C(O)O[C@H](CO)[C@@H](O)[C@@H]1O. The molecule has 0 aromatic carbocycles. The summed E-state index contributed by atoms with van der Waals surface area (Å²) in [4.78, 5) is 69.1. The summed E-state index contributed by atoms with van der Waals surface area (Å²) < 4.78 is 5.01. The van der Waals surface area contributed by atoms with E-state index in [2.05, 4.69) is 26.6 Å². The number of nitrogens with one attached hydrogen (secondary N) is 5. The van der Waals surface area contributed by atoms with E-state index in [1.807, 2.05) is 0 Å². The fourth-order valence-electron chi connectivity index (χ4n) is 4.13. The van der Waals surface area contributed by atoms with E-state index in [1.54, 1.807) is 0 Å². The minimum Gasteiger partial charge on any atom is -0.480 e. The number of amides is 5. The molecule has 0 bridgehead atoms. The second kappa shape index (κ2) is 21.3. The van der Waals surface area contributed by atoms with Crippen molar-refractivity contribution >= 4 is 35.5 Å². The first-order valence-corrected chi connectivity index (χ1v) is 14.3. The molecular formula is C26H45N5O12. The first-order chi connectivity index (χ1) is 20.4. The number of unbranched alkanes of at least 4 members (excludes halogenated alkanes) is 7. The van der Waals surface area contributed by atoms with Crippen molar-refractivity contribution < 1.29 is 59.0 Å². The smallest absolute Gasteiger partial charge is 0.322 e. The van der Waals surface area contributed by atoms with Crippen LogP contribution in [0.2, 0.25) is 0 Å². The molecule has 5 amide bonds. The van der Waals surface area contributed by atoms with Crippen LogP contribution in [0.1, 0.15) is 64.2 Å². The zero-order valence-corrected chi connectivity index (χ0v) is 24.1. The van der Waals surface area contributed by atoms with Crippen molar-refractivity contribution in [2.24, 2.45) is 0 Å².